The minimum absolute atomic E-state index is 0.0343. The van der Waals surface area contributed by atoms with Crippen LogP contribution in [0.25, 0.3) is 10.9 Å². The number of rotatable bonds is 4. The molecule has 2 aromatic carbocycles. The highest BCUT2D eigenvalue weighted by Gasteiger charge is 2.08. The lowest BCUT2D eigenvalue weighted by molar-refractivity contribution is -0.118. The molecule has 0 atom stereocenters. The van der Waals surface area contributed by atoms with Crippen molar-refractivity contribution in [2.24, 2.45) is 5.92 Å². The minimum atomic E-state index is -0.341. The van der Waals surface area contributed by atoms with E-state index < -0.39 is 0 Å². The Morgan fingerprint density at radius 1 is 1.04 bits per heavy atom. The van der Waals surface area contributed by atoms with Crippen LogP contribution in [0.5, 0.6) is 0 Å². The molecule has 3 aromatic rings. The summed E-state index contributed by atoms with van der Waals surface area (Å²) in [5.41, 5.74) is 2.16. The van der Waals surface area contributed by atoms with Gasteiger partial charge in [-0.25, -0.2) is 14.4 Å². The van der Waals surface area contributed by atoms with Gasteiger partial charge in [-0.2, -0.15) is 0 Å². The molecule has 0 aliphatic rings. The molecule has 3 rings (SSSR count). The van der Waals surface area contributed by atoms with Crippen molar-refractivity contribution in [2.75, 3.05) is 10.6 Å². The number of hydrogen-bond donors (Lipinski definition) is 2. The van der Waals surface area contributed by atoms with Gasteiger partial charge in [-0.05, 0) is 42.5 Å². The van der Waals surface area contributed by atoms with Crippen LogP contribution >= 0.6 is 0 Å². The predicted molar refractivity (Wildman–Crippen MR) is 92.7 cm³/mol. The molecule has 0 bridgehead atoms. The number of carbonyl (C=O) groups excluding carboxylic acids is 1. The smallest absolute Gasteiger partial charge is 0.226 e. The molecule has 1 aromatic heterocycles. The normalized spacial score (nSPS) is 10.8. The quantitative estimate of drug-likeness (QED) is 0.758. The first-order valence-corrected chi connectivity index (χ1v) is 7.61. The molecule has 6 heteroatoms. The van der Waals surface area contributed by atoms with Crippen LogP contribution in [0, 0.1) is 11.7 Å². The summed E-state index contributed by atoms with van der Waals surface area (Å²) in [5.74, 6) is 0.0728. The van der Waals surface area contributed by atoms with Crippen LogP contribution in [0.2, 0.25) is 0 Å². The lowest BCUT2D eigenvalue weighted by atomic mass is 10.2. The van der Waals surface area contributed by atoms with Crippen molar-refractivity contribution < 1.29 is 9.18 Å². The van der Waals surface area contributed by atoms with Crippen molar-refractivity contribution >= 4 is 34.0 Å². The fourth-order valence-corrected chi connectivity index (χ4v) is 2.19. The largest absolute Gasteiger partial charge is 0.340 e. The molecule has 0 saturated heterocycles. The summed E-state index contributed by atoms with van der Waals surface area (Å²) in [6, 6.07) is 11.6. The Kier molecular flexibility index (Phi) is 4.37. The molecule has 24 heavy (non-hydrogen) atoms. The van der Waals surface area contributed by atoms with Crippen LogP contribution in [0.15, 0.2) is 48.8 Å². The first kappa shape index (κ1) is 15.9. The van der Waals surface area contributed by atoms with Crippen molar-refractivity contribution in [3.8, 4) is 0 Å². The molecule has 0 aliphatic heterocycles. The Balaban J connectivity index is 1.82. The number of fused-ring (bicyclic) bond motifs is 1. The maximum atomic E-state index is 13.5. The second-order valence-electron chi connectivity index (χ2n) is 5.73. The Morgan fingerprint density at radius 2 is 1.75 bits per heavy atom. The highest BCUT2D eigenvalue weighted by atomic mass is 19.1. The molecule has 1 amide bonds. The average molecular weight is 324 g/mol. The molecule has 5 nitrogen and oxygen atoms in total. The lowest BCUT2D eigenvalue weighted by Crippen LogP contribution is -2.17. The van der Waals surface area contributed by atoms with Crippen molar-refractivity contribution in [1.82, 2.24) is 9.97 Å². The molecular weight excluding hydrogens is 307 g/mol. The summed E-state index contributed by atoms with van der Waals surface area (Å²) in [4.78, 5) is 20.0. The van der Waals surface area contributed by atoms with Gasteiger partial charge in [0.2, 0.25) is 5.91 Å². The summed E-state index contributed by atoms with van der Waals surface area (Å²) >= 11 is 0. The molecule has 1 heterocycles. The summed E-state index contributed by atoms with van der Waals surface area (Å²) < 4.78 is 13.5. The van der Waals surface area contributed by atoms with Gasteiger partial charge in [0.25, 0.3) is 0 Å². The van der Waals surface area contributed by atoms with E-state index in [-0.39, 0.29) is 17.6 Å². The van der Waals surface area contributed by atoms with E-state index in [0.29, 0.717) is 16.7 Å². The van der Waals surface area contributed by atoms with Crippen LogP contribution in [0.3, 0.4) is 0 Å². The molecule has 0 saturated carbocycles. The highest BCUT2D eigenvalue weighted by molar-refractivity contribution is 5.93. The topological polar surface area (TPSA) is 66.9 Å². The van der Waals surface area contributed by atoms with Gasteiger partial charge in [0.15, 0.2) is 0 Å². The third-order valence-corrected chi connectivity index (χ3v) is 3.54. The Morgan fingerprint density at radius 3 is 2.46 bits per heavy atom. The van der Waals surface area contributed by atoms with Crippen molar-refractivity contribution in [3.05, 3.63) is 54.6 Å². The maximum absolute atomic E-state index is 13.5. The average Bonchev–Trinajstić information content (AvgIpc) is 2.57. The lowest BCUT2D eigenvalue weighted by Gasteiger charge is -2.10. The second-order valence-corrected chi connectivity index (χ2v) is 5.73. The van der Waals surface area contributed by atoms with Gasteiger partial charge in [0.05, 0.1) is 5.52 Å². The van der Waals surface area contributed by atoms with Crippen LogP contribution in [0.1, 0.15) is 13.8 Å². The van der Waals surface area contributed by atoms with Crippen molar-refractivity contribution in [3.63, 3.8) is 0 Å². The van der Waals surface area contributed by atoms with Gasteiger partial charge in [-0.3, -0.25) is 4.79 Å². The van der Waals surface area contributed by atoms with E-state index in [1.54, 1.807) is 18.2 Å². The van der Waals surface area contributed by atoms with Crippen LogP contribution in [-0.2, 0) is 4.79 Å². The van der Waals surface area contributed by atoms with Crippen LogP contribution < -0.4 is 10.6 Å². The SMILES string of the molecule is CC(C)C(=O)Nc1ccc(Nc2ncnc3ccc(F)cc23)cc1. The summed E-state index contributed by atoms with van der Waals surface area (Å²) in [6.07, 6.45) is 1.43. The fraction of sp³-hybridized carbons (Fsp3) is 0.167. The number of nitrogens with zero attached hydrogens (tertiary/aromatic N) is 2. The van der Waals surface area contributed by atoms with E-state index in [1.807, 2.05) is 26.0 Å². The number of anilines is 3. The first-order valence-electron chi connectivity index (χ1n) is 7.61. The van der Waals surface area contributed by atoms with E-state index in [9.17, 15) is 9.18 Å². The number of benzene rings is 2. The summed E-state index contributed by atoms with van der Waals surface area (Å²) in [6.45, 7) is 3.68. The monoisotopic (exact) mass is 324 g/mol. The van der Waals surface area contributed by atoms with Gasteiger partial charge in [-0.15, -0.1) is 0 Å². The van der Waals surface area contributed by atoms with Crippen LogP contribution in [-0.4, -0.2) is 15.9 Å². The Bertz CT molecular complexity index is 878. The summed E-state index contributed by atoms with van der Waals surface area (Å²) in [7, 11) is 0. The molecular formula is C18H17FN4O. The molecule has 0 spiro atoms. The van der Waals surface area contributed by atoms with Gasteiger partial charge >= 0.3 is 0 Å². The van der Waals surface area contributed by atoms with E-state index in [2.05, 4.69) is 20.6 Å². The summed E-state index contributed by atoms with van der Waals surface area (Å²) in [5, 5.41) is 6.58. The maximum Gasteiger partial charge on any atom is 0.226 e. The van der Waals surface area contributed by atoms with Crippen molar-refractivity contribution in [1.29, 1.82) is 0 Å². The molecule has 0 aliphatic carbocycles. The third kappa shape index (κ3) is 3.48. The van der Waals surface area contributed by atoms with E-state index >= 15 is 0 Å². The first-order chi connectivity index (χ1) is 11.5. The van der Waals surface area contributed by atoms with Gasteiger partial charge in [0.1, 0.15) is 18.0 Å². The third-order valence-electron chi connectivity index (χ3n) is 3.54. The second kappa shape index (κ2) is 6.62. The number of aromatic nitrogens is 2. The molecule has 122 valence electrons. The number of halogens is 1. The minimum Gasteiger partial charge on any atom is -0.340 e. The van der Waals surface area contributed by atoms with Crippen molar-refractivity contribution in [2.45, 2.75) is 13.8 Å². The Hall–Kier alpha value is -3.02. The zero-order chi connectivity index (χ0) is 17.1. The molecule has 0 unspecified atom stereocenters. The van der Waals surface area contributed by atoms with Crippen LogP contribution in [0.4, 0.5) is 21.6 Å². The number of nitrogens with one attached hydrogen (secondary N) is 2. The number of carbonyl (C=O) groups is 1. The zero-order valence-corrected chi connectivity index (χ0v) is 13.4. The van der Waals surface area contributed by atoms with Gasteiger partial charge < -0.3 is 10.6 Å². The van der Waals surface area contributed by atoms with E-state index in [4.69, 9.17) is 0 Å². The predicted octanol–water partition coefficient (Wildman–Crippen LogP) is 4.11. The molecule has 0 radical (unpaired) electrons. The molecule has 2 N–H and O–H groups in total. The molecule has 0 fully saturated rings. The Labute approximate surface area is 138 Å². The van der Waals surface area contributed by atoms with E-state index in [1.165, 1.54) is 18.5 Å². The number of amides is 1. The number of hydrogen-bond acceptors (Lipinski definition) is 4. The highest BCUT2D eigenvalue weighted by Crippen LogP contribution is 2.24. The van der Waals surface area contributed by atoms with Gasteiger partial charge in [0, 0.05) is 22.7 Å². The standard InChI is InChI=1S/C18H17FN4O/c1-11(2)18(24)23-14-6-4-13(5-7-14)22-17-15-9-12(19)3-8-16(15)20-10-21-17/h3-11H,1-2H3,(H,23,24)(H,20,21,22). The fourth-order valence-electron chi connectivity index (χ4n) is 2.19. The van der Waals surface area contributed by atoms with Gasteiger partial charge in [-0.1, -0.05) is 13.8 Å². The van der Waals surface area contributed by atoms with E-state index in [0.717, 1.165) is 11.4 Å². The zero-order valence-electron chi connectivity index (χ0n) is 13.4.